The quantitative estimate of drug-likeness (QED) is 0.516. The molecule has 2 aromatic carbocycles. The molecule has 2 unspecified atom stereocenters. The van der Waals surface area contributed by atoms with Crippen LogP contribution in [0.1, 0.15) is 35.7 Å². The highest BCUT2D eigenvalue weighted by atomic mass is 16.5. The summed E-state index contributed by atoms with van der Waals surface area (Å²) >= 11 is 0. The van der Waals surface area contributed by atoms with E-state index in [0.29, 0.717) is 11.3 Å². The summed E-state index contributed by atoms with van der Waals surface area (Å²) in [5, 5.41) is 0. The molecular formula is C22H22O6. The van der Waals surface area contributed by atoms with Crippen molar-refractivity contribution in [1.82, 2.24) is 0 Å². The van der Waals surface area contributed by atoms with E-state index in [1.165, 1.54) is 0 Å². The lowest BCUT2D eigenvalue weighted by molar-refractivity contribution is -0.151. The SMILES string of the molecule is CCOC(=O)CC(=O)C(OCc1ccccc1)C1CC(=O)c2ccccc2O1. The van der Waals surface area contributed by atoms with Crippen molar-refractivity contribution in [3.05, 3.63) is 65.7 Å². The van der Waals surface area contributed by atoms with Gasteiger partial charge in [0.25, 0.3) is 0 Å². The zero-order valence-corrected chi connectivity index (χ0v) is 15.6. The molecule has 0 aliphatic carbocycles. The standard InChI is InChI=1S/C22H22O6/c1-2-26-21(25)13-18(24)22(27-14-15-8-4-3-5-9-15)20-12-17(23)16-10-6-7-11-19(16)28-20/h3-11,20,22H,2,12-14H2,1H3. The molecule has 3 rings (SSSR count). The van der Waals surface area contributed by atoms with Gasteiger partial charge in [-0.25, -0.2) is 0 Å². The van der Waals surface area contributed by atoms with Gasteiger partial charge in [0.05, 0.1) is 25.2 Å². The lowest BCUT2D eigenvalue weighted by atomic mass is 9.95. The lowest BCUT2D eigenvalue weighted by Crippen LogP contribution is -2.44. The van der Waals surface area contributed by atoms with Crippen molar-refractivity contribution < 1.29 is 28.6 Å². The van der Waals surface area contributed by atoms with Crippen molar-refractivity contribution >= 4 is 17.5 Å². The summed E-state index contributed by atoms with van der Waals surface area (Å²) in [4.78, 5) is 37.0. The Hall–Kier alpha value is -2.99. The zero-order chi connectivity index (χ0) is 19.9. The minimum Gasteiger partial charge on any atom is -0.486 e. The van der Waals surface area contributed by atoms with Crippen LogP contribution in [0.3, 0.4) is 0 Å². The third kappa shape index (κ3) is 4.84. The van der Waals surface area contributed by atoms with Crippen molar-refractivity contribution in [2.24, 2.45) is 0 Å². The maximum absolute atomic E-state index is 12.8. The molecule has 0 bridgehead atoms. The average Bonchev–Trinajstić information content (AvgIpc) is 2.69. The number of rotatable bonds is 8. The first-order valence-corrected chi connectivity index (χ1v) is 9.21. The van der Waals surface area contributed by atoms with E-state index in [-0.39, 0.29) is 25.4 Å². The molecule has 0 amide bonds. The van der Waals surface area contributed by atoms with Crippen molar-refractivity contribution in [3.8, 4) is 5.75 Å². The number of ether oxygens (including phenoxy) is 3. The Morgan fingerprint density at radius 2 is 1.82 bits per heavy atom. The Morgan fingerprint density at radius 3 is 2.57 bits per heavy atom. The van der Waals surface area contributed by atoms with E-state index in [9.17, 15) is 14.4 Å². The van der Waals surface area contributed by atoms with Crippen molar-refractivity contribution in [2.75, 3.05) is 6.61 Å². The van der Waals surface area contributed by atoms with Gasteiger partial charge >= 0.3 is 5.97 Å². The summed E-state index contributed by atoms with van der Waals surface area (Å²) in [6.07, 6.45) is -2.27. The van der Waals surface area contributed by atoms with Crippen LogP contribution >= 0.6 is 0 Å². The molecule has 0 aromatic heterocycles. The van der Waals surface area contributed by atoms with Crippen LogP contribution in [0.2, 0.25) is 0 Å². The van der Waals surface area contributed by atoms with E-state index in [1.54, 1.807) is 31.2 Å². The Bertz CT molecular complexity index is 845. The predicted octanol–water partition coefficient (Wildman–Crippen LogP) is 3.13. The molecule has 2 atom stereocenters. The van der Waals surface area contributed by atoms with Crippen LogP contribution in [0.15, 0.2) is 54.6 Å². The van der Waals surface area contributed by atoms with E-state index in [1.807, 2.05) is 30.3 Å². The lowest BCUT2D eigenvalue weighted by Gasteiger charge is -2.30. The largest absolute Gasteiger partial charge is 0.486 e. The van der Waals surface area contributed by atoms with Gasteiger partial charge in [0, 0.05) is 0 Å². The highest BCUT2D eigenvalue weighted by Gasteiger charge is 2.37. The first kappa shape index (κ1) is 19.8. The molecule has 0 radical (unpaired) electrons. The third-order valence-electron chi connectivity index (χ3n) is 4.40. The summed E-state index contributed by atoms with van der Waals surface area (Å²) in [5.41, 5.74) is 1.36. The van der Waals surface area contributed by atoms with E-state index in [4.69, 9.17) is 14.2 Å². The second kappa shape index (κ2) is 9.28. The molecule has 146 valence electrons. The number of para-hydroxylation sites is 1. The van der Waals surface area contributed by atoms with E-state index in [0.717, 1.165) is 5.56 Å². The van der Waals surface area contributed by atoms with Gasteiger partial charge in [0.1, 0.15) is 18.3 Å². The number of carbonyl (C=O) groups is 3. The van der Waals surface area contributed by atoms with Gasteiger partial charge in [0.15, 0.2) is 17.7 Å². The third-order valence-corrected chi connectivity index (χ3v) is 4.40. The average molecular weight is 382 g/mol. The minimum atomic E-state index is -1.05. The fraction of sp³-hybridized carbons (Fsp3) is 0.318. The van der Waals surface area contributed by atoms with Crippen molar-refractivity contribution in [2.45, 2.75) is 38.6 Å². The normalized spacial score (nSPS) is 16.6. The number of benzene rings is 2. The van der Waals surface area contributed by atoms with E-state index >= 15 is 0 Å². The highest BCUT2D eigenvalue weighted by molar-refractivity contribution is 6.02. The Balaban J connectivity index is 1.78. The van der Waals surface area contributed by atoms with Gasteiger partial charge < -0.3 is 14.2 Å². The number of ketones is 2. The number of esters is 1. The van der Waals surface area contributed by atoms with Crippen LogP contribution in [0.5, 0.6) is 5.75 Å². The summed E-state index contributed by atoms with van der Waals surface area (Å²) in [5.74, 6) is -0.792. The maximum Gasteiger partial charge on any atom is 0.313 e. The fourth-order valence-corrected chi connectivity index (χ4v) is 3.09. The van der Waals surface area contributed by atoms with Crippen molar-refractivity contribution in [3.63, 3.8) is 0 Å². The molecule has 1 aliphatic rings. The Labute approximate surface area is 163 Å². The topological polar surface area (TPSA) is 78.9 Å². The Morgan fingerprint density at radius 1 is 1.11 bits per heavy atom. The molecule has 28 heavy (non-hydrogen) atoms. The summed E-state index contributed by atoms with van der Waals surface area (Å²) < 4.78 is 16.6. The molecule has 0 saturated heterocycles. The number of hydrogen-bond acceptors (Lipinski definition) is 6. The van der Waals surface area contributed by atoms with Gasteiger partial charge in [-0.3, -0.25) is 14.4 Å². The second-order valence-corrected chi connectivity index (χ2v) is 6.45. The van der Waals surface area contributed by atoms with Gasteiger partial charge in [-0.05, 0) is 24.6 Å². The maximum atomic E-state index is 12.8. The van der Waals surface area contributed by atoms with Crippen LogP contribution in [-0.4, -0.2) is 36.4 Å². The van der Waals surface area contributed by atoms with Gasteiger partial charge in [-0.15, -0.1) is 0 Å². The summed E-state index contributed by atoms with van der Waals surface area (Å²) in [6.45, 7) is 2.02. The van der Waals surface area contributed by atoms with Crippen LogP contribution in [0.25, 0.3) is 0 Å². The van der Waals surface area contributed by atoms with Gasteiger partial charge in [-0.1, -0.05) is 42.5 Å². The van der Waals surface area contributed by atoms with E-state index in [2.05, 4.69) is 0 Å². The van der Waals surface area contributed by atoms with Crippen LogP contribution in [0.4, 0.5) is 0 Å². The molecule has 2 aromatic rings. The van der Waals surface area contributed by atoms with Crippen LogP contribution in [0, 0.1) is 0 Å². The molecule has 0 fully saturated rings. The molecule has 6 heteroatoms. The molecular weight excluding hydrogens is 360 g/mol. The zero-order valence-electron chi connectivity index (χ0n) is 15.6. The molecule has 0 spiro atoms. The first-order valence-electron chi connectivity index (χ1n) is 9.21. The molecule has 1 aliphatic heterocycles. The van der Waals surface area contributed by atoms with Gasteiger partial charge in [-0.2, -0.15) is 0 Å². The summed E-state index contributed by atoms with van der Waals surface area (Å²) in [7, 11) is 0. The number of carbonyl (C=O) groups excluding carboxylic acids is 3. The molecule has 1 heterocycles. The van der Waals surface area contributed by atoms with E-state index < -0.39 is 30.4 Å². The highest BCUT2D eigenvalue weighted by Crippen LogP contribution is 2.30. The van der Waals surface area contributed by atoms with Crippen molar-refractivity contribution in [1.29, 1.82) is 0 Å². The smallest absolute Gasteiger partial charge is 0.313 e. The number of hydrogen-bond donors (Lipinski definition) is 0. The van der Waals surface area contributed by atoms with Crippen LogP contribution < -0.4 is 4.74 Å². The molecule has 6 nitrogen and oxygen atoms in total. The molecule has 0 N–H and O–H groups in total. The predicted molar refractivity (Wildman–Crippen MR) is 101 cm³/mol. The fourth-order valence-electron chi connectivity index (χ4n) is 3.09. The molecule has 0 saturated carbocycles. The Kier molecular flexibility index (Phi) is 6.55. The summed E-state index contributed by atoms with van der Waals surface area (Å²) in [6, 6.07) is 16.2. The first-order chi connectivity index (χ1) is 13.6. The number of fused-ring (bicyclic) bond motifs is 1. The second-order valence-electron chi connectivity index (χ2n) is 6.45. The monoisotopic (exact) mass is 382 g/mol. The number of Topliss-reactive ketones (excluding diaryl/α,β-unsaturated/α-hetero) is 2. The van der Waals surface area contributed by atoms with Crippen LogP contribution in [-0.2, 0) is 25.7 Å². The van der Waals surface area contributed by atoms with Gasteiger partial charge in [0.2, 0.25) is 0 Å². The minimum absolute atomic E-state index is 0.00500.